The topological polar surface area (TPSA) is 60.4 Å². The molecular formula is C23H26O4. The fourth-order valence-corrected chi connectivity index (χ4v) is 4.98. The van der Waals surface area contributed by atoms with Crippen LogP contribution in [-0.2, 0) is 19.1 Å². The van der Waals surface area contributed by atoms with Gasteiger partial charge >= 0.3 is 0 Å². The molecular weight excluding hydrogens is 340 g/mol. The van der Waals surface area contributed by atoms with Crippen LogP contribution in [0.4, 0.5) is 0 Å². The first kappa shape index (κ1) is 18.1. The van der Waals surface area contributed by atoms with E-state index in [1.54, 1.807) is 0 Å². The van der Waals surface area contributed by atoms with E-state index in [-0.39, 0.29) is 41.0 Å². The average molecular weight is 366 g/mol. The van der Waals surface area contributed by atoms with Crippen molar-refractivity contribution in [1.82, 2.24) is 0 Å². The van der Waals surface area contributed by atoms with Crippen molar-refractivity contribution in [1.29, 1.82) is 0 Å². The Kier molecular flexibility index (Phi) is 3.79. The fourth-order valence-electron chi connectivity index (χ4n) is 4.98. The molecule has 4 rings (SSSR count). The maximum absolute atomic E-state index is 13.4. The number of ether oxygens (including phenoxy) is 1. The third-order valence-electron chi connectivity index (χ3n) is 6.10. The largest absolute Gasteiger partial charge is 0.474 e. The van der Waals surface area contributed by atoms with Crippen molar-refractivity contribution in [2.45, 2.75) is 64.9 Å². The molecule has 0 aromatic heterocycles. The van der Waals surface area contributed by atoms with Crippen LogP contribution in [-0.4, -0.2) is 23.0 Å². The lowest BCUT2D eigenvalue weighted by molar-refractivity contribution is -0.160. The molecule has 0 saturated heterocycles. The van der Waals surface area contributed by atoms with Crippen LogP contribution < -0.4 is 0 Å². The number of ketones is 3. The molecule has 1 fully saturated rings. The molecule has 4 nitrogen and oxygen atoms in total. The van der Waals surface area contributed by atoms with Crippen LogP contribution in [0.5, 0.6) is 0 Å². The first-order valence-corrected chi connectivity index (χ1v) is 9.63. The van der Waals surface area contributed by atoms with Gasteiger partial charge in [-0.2, -0.15) is 0 Å². The van der Waals surface area contributed by atoms with Gasteiger partial charge in [0.1, 0.15) is 5.76 Å². The molecule has 0 bridgehead atoms. The fraction of sp³-hybridized carbons (Fsp3) is 0.522. The van der Waals surface area contributed by atoms with Crippen LogP contribution in [0.25, 0.3) is 0 Å². The SMILES string of the molecule is CC1(C)CC(=O)C2(OC3=C(C(=O)CC(C)(C)C3)C2c2ccccc2)C(=O)C1. The van der Waals surface area contributed by atoms with Gasteiger partial charge in [0.15, 0.2) is 17.3 Å². The Hall–Kier alpha value is -2.23. The molecule has 1 atom stereocenters. The van der Waals surface area contributed by atoms with Gasteiger partial charge in [-0.25, -0.2) is 0 Å². The minimum absolute atomic E-state index is 0.00240. The molecule has 27 heavy (non-hydrogen) atoms. The second kappa shape index (κ2) is 5.63. The summed E-state index contributed by atoms with van der Waals surface area (Å²) < 4.78 is 6.24. The molecule has 1 aliphatic heterocycles. The van der Waals surface area contributed by atoms with Crippen LogP contribution in [0.1, 0.15) is 64.9 Å². The summed E-state index contributed by atoms with van der Waals surface area (Å²) in [5.41, 5.74) is -0.838. The first-order chi connectivity index (χ1) is 12.6. The number of hydrogen-bond acceptors (Lipinski definition) is 4. The van der Waals surface area contributed by atoms with Crippen LogP contribution in [0.15, 0.2) is 41.7 Å². The maximum Gasteiger partial charge on any atom is 0.234 e. The molecule has 1 heterocycles. The minimum Gasteiger partial charge on any atom is -0.474 e. The highest BCUT2D eigenvalue weighted by atomic mass is 16.5. The molecule has 4 heteroatoms. The van der Waals surface area contributed by atoms with Crippen molar-refractivity contribution in [3.63, 3.8) is 0 Å². The molecule has 0 N–H and O–H groups in total. The van der Waals surface area contributed by atoms with Gasteiger partial charge in [-0.1, -0.05) is 58.0 Å². The van der Waals surface area contributed by atoms with E-state index in [1.807, 2.05) is 58.0 Å². The Morgan fingerprint density at radius 3 is 1.96 bits per heavy atom. The predicted octanol–water partition coefficient (Wildman–Crippen LogP) is 4.14. The smallest absolute Gasteiger partial charge is 0.234 e. The van der Waals surface area contributed by atoms with Crippen molar-refractivity contribution < 1.29 is 19.1 Å². The van der Waals surface area contributed by atoms with Gasteiger partial charge in [0, 0.05) is 31.3 Å². The summed E-state index contributed by atoms with van der Waals surface area (Å²) in [5, 5.41) is 0. The molecule has 0 amide bonds. The maximum atomic E-state index is 13.4. The quantitative estimate of drug-likeness (QED) is 0.701. The zero-order chi connectivity index (χ0) is 19.6. The van der Waals surface area contributed by atoms with Gasteiger partial charge in [-0.05, 0) is 16.4 Å². The zero-order valence-corrected chi connectivity index (χ0v) is 16.4. The van der Waals surface area contributed by atoms with Gasteiger partial charge in [-0.15, -0.1) is 0 Å². The second-order valence-electron chi connectivity index (χ2n) is 9.82. The van der Waals surface area contributed by atoms with Gasteiger partial charge in [0.05, 0.1) is 5.92 Å². The molecule has 1 aromatic rings. The lowest BCUT2D eigenvalue weighted by atomic mass is 9.61. The highest BCUT2D eigenvalue weighted by Gasteiger charge is 2.65. The van der Waals surface area contributed by atoms with Gasteiger partial charge in [0.2, 0.25) is 5.60 Å². The van der Waals surface area contributed by atoms with E-state index < -0.39 is 11.5 Å². The van der Waals surface area contributed by atoms with Gasteiger partial charge in [0.25, 0.3) is 0 Å². The van der Waals surface area contributed by atoms with Crippen molar-refractivity contribution in [2.75, 3.05) is 0 Å². The minimum atomic E-state index is -1.57. The van der Waals surface area contributed by atoms with Crippen LogP contribution in [0.2, 0.25) is 0 Å². The van der Waals surface area contributed by atoms with E-state index in [0.717, 1.165) is 5.56 Å². The lowest BCUT2D eigenvalue weighted by Crippen LogP contribution is -2.57. The van der Waals surface area contributed by atoms with Crippen molar-refractivity contribution >= 4 is 17.3 Å². The summed E-state index contributed by atoms with van der Waals surface area (Å²) in [4.78, 5) is 39.8. The van der Waals surface area contributed by atoms with E-state index in [0.29, 0.717) is 24.2 Å². The number of carbonyl (C=O) groups excluding carboxylic acids is 3. The summed E-state index contributed by atoms with van der Waals surface area (Å²) in [6.07, 6.45) is 1.53. The van der Waals surface area contributed by atoms with Crippen LogP contribution in [0.3, 0.4) is 0 Å². The Morgan fingerprint density at radius 2 is 1.37 bits per heavy atom. The third kappa shape index (κ3) is 2.69. The Labute approximate surface area is 160 Å². The number of hydrogen-bond donors (Lipinski definition) is 0. The number of carbonyl (C=O) groups is 3. The predicted molar refractivity (Wildman–Crippen MR) is 101 cm³/mol. The molecule has 3 aliphatic rings. The number of benzene rings is 1. The molecule has 1 saturated carbocycles. The molecule has 1 unspecified atom stereocenters. The highest BCUT2D eigenvalue weighted by molar-refractivity contribution is 6.17. The summed E-state index contributed by atoms with van der Waals surface area (Å²) in [7, 11) is 0. The number of rotatable bonds is 1. The Bertz CT molecular complexity index is 853. The number of Topliss-reactive ketones (excluding diaryl/α,β-unsaturated/α-hetero) is 3. The molecule has 0 radical (unpaired) electrons. The molecule has 1 aromatic carbocycles. The normalized spacial score (nSPS) is 28.3. The molecule has 2 aliphatic carbocycles. The van der Waals surface area contributed by atoms with Crippen molar-refractivity contribution in [3.8, 4) is 0 Å². The third-order valence-corrected chi connectivity index (χ3v) is 6.10. The van der Waals surface area contributed by atoms with Crippen molar-refractivity contribution in [2.24, 2.45) is 10.8 Å². The first-order valence-electron chi connectivity index (χ1n) is 9.63. The van der Waals surface area contributed by atoms with Crippen LogP contribution >= 0.6 is 0 Å². The monoisotopic (exact) mass is 366 g/mol. The summed E-state index contributed by atoms with van der Waals surface area (Å²) in [5.74, 6) is -0.479. The average Bonchev–Trinajstić information content (AvgIpc) is 2.88. The van der Waals surface area contributed by atoms with E-state index in [1.165, 1.54) is 0 Å². The van der Waals surface area contributed by atoms with Gasteiger partial charge in [-0.3, -0.25) is 14.4 Å². The zero-order valence-electron chi connectivity index (χ0n) is 16.4. The second-order valence-corrected chi connectivity index (χ2v) is 9.82. The Morgan fingerprint density at radius 1 is 0.815 bits per heavy atom. The number of allylic oxidation sites excluding steroid dienone is 1. The summed E-state index contributed by atoms with van der Waals surface area (Å²) in [6.45, 7) is 7.91. The van der Waals surface area contributed by atoms with Crippen LogP contribution in [0, 0.1) is 10.8 Å². The van der Waals surface area contributed by atoms with E-state index >= 15 is 0 Å². The standard InChI is InChI=1S/C23H26O4/c1-21(2)10-15(24)19-16(11-21)27-23(20(19)14-8-6-5-7-9-14)17(25)12-22(3,4)13-18(23)26/h5-9,20H,10-13H2,1-4H3. The van der Waals surface area contributed by atoms with E-state index in [2.05, 4.69) is 0 Å². The van der Waals surface area contributed by atoms with Crippen molar-refractivity contribution in [3.05, 3.63) is 47.2 Å². The van der Waals surface area contributed by atoms with Gasteiger partial charge < -0.3 is 4.74 Å². The Balaban J connectivity index is 1.90. The van der Waals surface area contributed by atoms with E-state index in [4.69, 9.17) is 4.74 Å². The highest BCUT2D eigenvalue weighted by Crippen LogP contribution is 2.57. The molecule has 142 valence electrons. The summed E-state index contributed by atoms with van der Waals surface area (Å²) in [6, 6.07) is 9.42. The molecule has 1 spiro atoms. The van der Waals surface area contributed by atoms with E-state index in [9.17, 15) is 14.4 Å². The summed E-state index contributed by atoms with van der Waals surface area (Å²) >= 11 is 0. The lowest BCUT2D eigenvalue weighted by Gasteiger charge is -2.41.